The van der Waals surface area contributed by atoms with Crippen molar-refractivity contribution in [2.75, 3.05) is 32.8 Å². The smallest absolute Gasteiger partial charge is 0.219 e. The highest BCUT2D eigenvalue weighted by Gasteiger charge is 2.43. The van der Waals surface area contributed by atoms with E-state index < -0.39 is 0 Å². The van der Waals surface area contributed by atoms with Crippen LogP contribution in [-0.2, 0) is 20.8 Å². The molecule has 25 heavy (non-hydrogen) atoms. The first-order valence-corrected chi connectivity index (χ1v) is 9.25. The van der Waals surface area contributed by atoms with Crippen LogP contribution in [0, 0.1) is 13.8 Å². The lowest BCUT2D eigenvalue weighted by atomic mass is 10.00. The Morgan fingerprint density at radius 1 is 1.32 bits per heavy atom. The average Bonchev–Trinajstić information content (AvgIpc) is 2.79. The largest absolute Gasteiger partial charge is 0.377 e. The Kier molecular flexibility index (Phi) is 5.77. The molecule has 138 valence electrons. The summed E-state index contributed by atoms with van der Waals surface area (Å²) in [7, 11) is 0. The van der Waals surface area contributed by atoms with Gasteiger partial charge < -0.3 is 19.7 Å². The summed E-state index contributed by atoms with van der Waals surface area (Å²) < 4.78 is 12.1. The number of aryl methyl sites for hydroxylation is 2. The van der Waals surface area contributed by atoms with Crippen LogP contribution in [0.1, 0.15) is 36.5 Å². The summed E-state index contributed by atoms with van der Waals surface area (Å²) in [6.07, 6.45) is 2.14. The molecule has 2 atom stereocenters. The molecule has 5 nitrogen and oxygen atoms in total. The molecule has 3 rings (SSSR count). The maximum absolute atomic E-state index is 11.8. The van der Waals surface area contributed by atoms with E-state index in [1.54, 1.807) is 6.92 Å². The van der Waals surface area contributed by atoms with Crippen molar-refractivity contribution in [1.29, 1.82) is 0 Å². The standard InChI is InChI=1S/C20H30N2O3/c1-15-8-16(2)10-18(9-15)11-21-12-19-4-5-20(25-19)13-22(17(3)23)6-7-24-14-20/h8-10,19,21H,4-7,11-14H2,1-3H3/t19-,20+/m0/s1. The molecule has 0 unspecified atom stereocenters. The third-order valence-corrected chi connectivity index (χ3v) is 5.12. The third kappa shape index (κ3) is 4.81. The number of amides is 1. The molecule has 0 aliphatic carbocycles. The summed E-state index contributed by atoms with van der Waals surface area (Å²) in [5.74, 6) is 0.102. The molecule has 5 heteroatoms. The molecule has 2 saturated heterocycles. The van der Waals surface area contributed by atoms with Crippen molar-refractivity contribution >= 4 is 5.91 Å². The number of carbonyl (C=O) groups is 1. The zero-order chi connectivity index (χ0) is 17.9. The minimum Gasteiger partial charge on any atom is -0.377 e. The summed E-state index contributed by atoms with van der Waals surface area (Å²) in [4.78, 5) is 13.6. The van der Waals surface area contributed by atoms with Crippen LogP contribution in [0.15, 0.2) is 18.2 Å². The molecule has 0 bridgehead atoms. The number of hydrogen-bond acceptors (Lipinski definition) is 4. The van der Waals surface area contributed by atoms with Crippen LogP contribution in [0.4, 0.5) is 0 Å². The second-order valence-electron chi connectivity index (χ2n) is 7.58. The second-order valence-corrected chi connectivity index (χ2v) is 7.58. The van der Waals surface area contributed by atoms with Crippen LogP contribution in [0.5, 0.6) is 0 Å². The molecule has 2 heterocycles. The molecule has 1 N–H and O–H groups in total. The highest BCUT2D eigenvalue weighted by Crippen LogP contribution is 2.32. The number of nitrogens with one attached hydrogen (secondary N) is 1. The Labute approximate surface area is 150 Å². The van der Waals surface area contributed by atoms with Crippen LogP contribution < -0.4 is 5.32 Å². The molecule has 2 fully saturated rings. The topological polar surface area (TPSA) is 50.8 Å². The van der Waals surface area contributed by atoms with E-state index in [1.807, 2.05) is 4.90 Å². The highest BCUT2D eigenvalue weighted by molar-refractivity contribution is 5.73. The number of rotatable bonds is 4. The summed E-state index contributed by atoms with van der Waals surface area (Å²) in [6.45, 7) is 10.1. The van der Waals surface area contributed by atoms with Gasteiger partial charge in [-0.2, -0.15) is 0 Å². The van der Waals surface area contributed by atoms with Gasteiger partial charge in [0.05, 0.1) is 25.9 Å². The summed E-state index contributed by atoms with van der Waals surface area (Å²) >= 11 is 0. The van der Waals surface area contributed by atoms with Gasteiger partial charge in [-0.15, -0.1) is 0 Å². The first-order valence-electron chi connectivity index (χ1n) is 9.25. The van der Waals surface area contributed by atoms with Crippen LogP contribution >= 0.6 is 0 Å². The fourth-order valence-electron chi connectivity index (χ4n) is 3.98. The predicted octanol–water partition coefficient (Wildman–Crippen LogP) is 2.19. The normalized spacial score (nSPS) is 26.8. The van der Waals surface area contributed by atoms with Gasteiger partial charge in [0.15, 0.2) is 0 Å². The Hall–Kier alpha value is -1.43. The SMILES string of the molecule is CC(=O)N1CCOC[C@@]2(CC[C@@H](CNCc3cc(C)cc(C)c3)O2)C1. The molecule has 1 aromatic carbocycles. The van der Waals surface area contributed by atoms with Crippen molar-refractivity contribution < 1.29 is 14.3 Å². The van der Waals surface area contributed by atoms with E-state index in [9.17, 15) is 4.79 Å². The minimum atomic E-state index is -0.325. The molecule has 0 saturated carbocycles. The van der Waals surface area contributed by atoms with Gasteiger partial charge in [0, 0.05) is 26.6 Å². The lowest BCUT2D eigenvalue weighted by Crippen LogP contribution is -2.46. The molecular formula is C20H30N2O3. The van der Waals surface area contributed by atoms with Crippen molar-refractivity contribution in [2.24, 2.45) is 0 Å². The van der Waals surface area contributed by atoms with Gasteiger partial charge >= 0.3 is 0 Å². The number of carbonyl (C=O) groups excluding carboxylic acids is 1. The Morgan fingerprint density at radius 3 is 2.80 bits per heavy atom. The Bertz CT molecular complexity index is 599. The van der Waals surface area contributed by atoms with Crippen LogP contribution in [-0.4, -0.2) is 55.4 Å². The van der Waals surface area contributed by atoms with E-state index in [0.29, 0.717) is 26.3 Å². The average molecular weight is 346 g/mol. The van der Waals surface area contributed by atoms with Crippen LogP contribution in [0.25, 0.3) is 0 Å². The van der Waals surface area contributed by atoms with E-state index in [-0.39, 0.29) is 17.6 Å². The van der Waals surface area contributed by atoms with Crippen molar-refractivity contribution in [3.63, 3.8) is 0 Å². The van der Waals surface area contributed by atoms with Gasteiger partial charge in [-0.05, 0) is 32.3 Å². The highest BCUT2D eigenvalue weighted by atomic mass is 16.6. The first kappa shape index (κ1) is 18.4. The summed E-state index contributed by atoms with van der Waals surface area (Å²) in [6, 6.07) is 6.64. The maximum Gasteiger partial charge on any atom is 0.219 e. The molecule has 0 aromatic heterocycles. The van der Waals surface area contributed by atoms with Crippen LogP contribution in [0.2, 0.25) is 0 Å². The number of nitrogens with zero attached hydrogens (tertiary/aromatic N) is 1. The van der Waals surface area contributed by atoms with Gasteiger partial charge in [-0.1, -0.05) is 29.3 Å². The monoisotopic (exact) mass is 346 g/mol. The van der Waals surface area contributed by atoms with Gasteiger partial charge in [0.1, 0.15) is 5.60 Å². The second kappa shape index (κ2) is 7.85. The van der Waals surface area contributed by atoms with Crippen molar-refractivity contribution in [1.82, 2.24) is 10.2 Å². The van der Waals surface area contributed by atoms with Gasteiger partial charge in [-0.3, -0.25) is 4.79 Å². The minimum absolute atomic E-state index is 0.102. The lowest BCUT2D eigenvalue weighted by Gasteiger charge is -2.31. The number of hydrogen-bond donors (Lipinski definition) is 1. The van der Waals surface area contributed by atoms with E-state index in [1.165, 1.54) is 16.7 Å². The van der Waals surface area contributed by atoms with E-state index in [4.69, 9.17) is 9.47 Å². The fraction of sp³-hybridized carbons (Fsp3) is 0.650. The number of ether oxygens (including phenoxy) is 2. The third-order valence-electron chi connectivity index (χ3n) is 5.12. The summed E-state index contributed by atoms with van der Waals surface area (Å²) in [5.41, 5.74) is 3.58. The molecule has 1 amide bonds. The molecule has 2 aliphatic heterocycles. The molecule has 1 aromatic rings. The van der Waals surface area contributed by atoms with Gasteiger partial charge in [-0.25, -0.2) is 0 Å². The van der Waals surface area contributed by atoms with E-state index >= 15 is 0 Å². The Balaban J connectivity index is 1.51. The molecule has 0 radical (unpaired) electrons. The first-order chi connectivity index (χ1) is 12.0. The van der Waals surface area contributed by atoms with E-state index in [0.717, 1.165) is 25.9 Å². The van der Waals surface area contributed by atoms with Crippen molar-refractivity contribution in [2.45, 2.75) is 51.9 Å². The predicted molar refractivity (Wildman–Crippen MR) is 97.5 cm³/mol. The lowest BCUT2D eigenvalue weighted by molar-refractivity contribution is -0.133. The summed E-state index contributed by atoms with van der Waals surface area (Å²) in [5, 5.41) is 3.52. The maximum atomic E-state index is 11.8. The van der Waals surface area contributed by atoms with Crippen molar-refractivity contribution in [3.8, 4) is 0 Å². The Morgan fingerprint density at radius 2 is 2.08 bits per heavy atom. The molecular weight excluding hydrogens is 316 g/mol. The zero-order valence-corrected chi connectivity index (χ0v) is 15.6. The molecule has 1 spiro atoms. The quantitative estimate of drug-likeness (QED) is 0.908. The molecule has 2 aliphatic rings. The van der Waals surface area contributed by atoms with Crippen LogP contribution in [0.3, 0.4) is 0 Å². The van der Waals surface area contributed by atoms with Crippen molar-refractivity contribution in [3.05, 3.63) is 34.9 Å². The zero-order valence-electron chi connectivity index (χ0n) is 15.6. The van der Waals surface area contributed by atoms with Gasteiger partial charge in [0.25, 0.3) is 0 Å². The van der Waals surface area contributed by atoms with Gasteiger partial charge in [0.2, 0.25) is 5.91 Å². The van der Waals surface area contributed by atoms with E-state index in [2.05, 4.69) is 37.4 Å². The number of benzene rings is 1. The fourth-order valence-corrected chi connectivity index (χ4v) is 3.98.